The van der Waals surface area contributed by atoms with Gasteiger partial charge in [-0.15, -0.1) is 0 Å². The van der Waals surface area contributed by atoms with E-state index in [-0.39, 0.29) is 0 Å². The van der Waals surface area contributed by atoms with Crippen LogP contribution in [0.5, 0.6) is 0 Å². The molecule has 0 radical (unpaired) electrons. The first kappa shape index (κ1) is 12.6. The van der Waals surface area contributed by atoms with Gasteiger partial charge in [0.2, 0.25) is 0 Å². The monoisotopic (exact) mass is 265 g/mol. The molecule has 0 bridgehead atoms. The maximum atomic E-state index is 5.89. The van der Waals surface area contributed by atoms with Crippen molar-refractivity contribution in [3.63, 3.8) is 0 Å². The minimum Gasteiger partial charge on any atom is -0.310 e. The summed E-state index contributed by atoms with van der Waals surface area (Å²) in [5, 5.41) is 8.66. The third-order valence-electron chi connectivity index (χ3n) is 2.75. The number of halogens is 1. The second kappa shape index (κ2) is 6.20. The van der Waals surface area contributed by atoms with E-state index in [1.807, 2.05) is 12.1 Å². The van der Waals surface area contributed by atoms with Gasteiger partial charge in [-0.1, -0.05) is 30.7 Å². The molecule has 0 spiro atoms. The standard InChI is InChI=1S/C14H16ClNS/c1-2-16-14(12-7-8-17-10-12)9-11-3-5-13(15)6-4-11/h3-8,10,14,16H,2,9H2,1H3. The molecule has 0 saturated heterocycles. The molecule has 17 heavy (non-hydrogen) atoms. The van der Waals surface area contributed by atoms with Gasteiger partial charge >= 0.3 is 0 Å². The smallest absolute Gasteiger partial charge is 0.0406 e. The quantitative estimate of drug-likeness (QED) is 0.850. The lowest BCUT2D eigenvalue weighted by molar-refractivity contribution is 0.551. The molecule has 0 aliphatic carbocycles. The first-order chi connectivity index (χ1) is 8.29. The van der Waals surface area contributed by atoms with Gasteiger partial charge in [0.25, 0.3) is 0 Å². The Morgan fingerprint density at radius 3 is 2.59 bits per heavy atom. The lowest BCUT2D eigenvalue weighted by atomic mass is 10.0. The van der Waals surface area contributed by atoms with Crippen LogP contribution in [0.25, 0.3) is 0 Å². The van der Waals surface area contributed by atoms with Crippen LogP contribution >= 0.6 is 22.9 Å². The summed E-state index contributed by atoms with van der Waals surface area (Å²) in [4.78, 5) is 0. The van der Waals surface area contributed by atoms with E-state index in [0.717, 1.165) is 18.0 Å². The van der Waals surface area contributed by atoms with Crippen molar-refractivity contribution in [2.24, 2.45) is 0 Å². The average Bonchev–Trinajstić information content (AvgIpc) is 2.85. The Balaban J connectivity index is 2.10. The van der Waals surface area contributed by atoms with Crippen molar-refractivity contribution in [1.82, 2.24) is 5.32 Å². The van der Waals surface area contributed by atoms with Gasteiger partial charge in [0, 0.05) is 11.1 Å². The third-order valence-corrected chi connectivity index (χ3v) is 3.70. The topological polar surface area (TPSA) is 12.0 Å². The van der Waals surface area contributed by atoms with Crippen molar-refractivity contribution >= 4 is 22.9 Å². The van der Waals surface area contributed by atoms with Crippen molar-refractivity contribution in [3.8, 4) is 0 Å². The molecule has 90 valence electrons. The number of nitrogens with one attached hydrogen (secondary N) is 1. The Bertz CT molecular complexity index is 436. The second-order valence-corrected chi connectivity index (χ2v) is 5.21. The molecule has 2 aromatic rings. The maximum Gasteiger partial charge on any atom is 0.0406 e. The fourth-order valence-corrected chi connectivity index (χ4v) is 2.72. The highest BCUT2D eigenvalue weighted by Gasteiger charge is 2.11. The molecule has 0 amide bonds. The van der Waals surface area contributed by atoms with Crippen LogP contribution in [0.2, 0.25) is 5.02 Å². The number of likely N-dealkylation sites (N-methyl/N-ethyl adjacent to an activating group) is 1. The Morgan fingerprint density at radius 2 is 2.00 bits per heavy atom. The molecule has 1 aromatic heterocycles. The summed E-state index contributed by atoms with van der Waals surface area (Å²) >= 11 is 7.64. The van der Waals surface area contributed by atoms with Crippen LogP contribution in [-0.4, -0.2) is 6.54 Å². The van der Waals surface area contributed by atoms with Gasteiger partial charge in [0.15, 0.2) is 0 Å². The molecule has 1 atom stereocenters. The van der Waals surface area contributed by atoms with Gasteiger partial charge in [0.1, 0.15) is 0 Å². The summed E-state index contributed by atoms with van der Waals surface area (Å²) in [6.45, 7) is 3.12. The van der Waals surface area contributed by atoms with Gasteiger partial charge in [-0.2, -0.15) is 11.3 Å². The molecule has 3 heteroatoms. The SMILES string of the molecule is CCNC(Cc1ccc(Cl)cc1)c1ccsc1. The zero-order valence-electron chi connectivity index (χ0n) is 9.82. The highest BCUT2D eigenvalue weighted by Crippen LogP contribution is 2.21. The summed E-state index contributed by atoms with van der Waals surface area (Å²) in [5.74, 6) is 0. The molecule has 1 aromatic carbocycles. The number of hydrogen-bond donors (Lipinski definition) is 1. The van der Waals surface area contributed by atoms with Gasteiger partial charge in [-0.3, -0.25) is 0 Å². The van der Waals surface area contributed by atoms with Gasteiger partial charge < -0.3 is 5.32 Å². The number of benzene rings is 1. The molecule has 1 nitrogen and oxygen atoms in total. The first-order valence-electron chi connectivity index (χ1n) is 5.79. The number of rotatable bonds is 5. The van der Waals surface area contributed by atoms with E-state index in [4.69, 9.17) is 11.6 Å². The van der Waals surface area contributed by atoms with Crippen LogP contribution in [0, 0.1) is 0 Å². The van der Waals surface area contributed by atoms with Crippen molar-refractivity contribution in [3.05, 3.63) is 57.2 Å². The minimum atomic E-state index is 0.396. The van der Waals surface area contributed by atoms with Gasteiger partial charge in [0.05, 0.1) is 0 Å². The highest BCUT2D eigenvalue weighted by atomic mass is 35.5. The van der Waals surface area contributed by atoms with E-state index in [1.54, 1.807) is 11.3 Å². The zero-order valence-corrected chi connectivity index (χ0v) is 11.4. The van der Waals surface area contributed by atoms with E-state index < -0.39 is 0 Å². The van der Waals surface area contributed by atoms with Gasteiger partial charge in [-0.25, -0.2) is 0 Å². The van der Waals surface area contributed by atoms with Crippen molar-refractivity contribution < 1.29 is 0 Å². The van der Waals surface area contributed by atoms with Crippen LogP contribution in [0.3, 0.4) is 0 Å². The molecule has 1 heterocycles. The van der Waals surface area contributed by atoms with E-state index >= 15 is 0 Å². The third kappa shape index (κ3) is 3.56. The second-order valence-electron chi connectivity index (χ2n) is 4.00. The van der Waals surface area contributed by atoms with E-state index in [9.17, 15) is 0 Å². The Hall–Kier alpha value is -0.830. The van der Waals surface area contributed by atoms with Crippen LogP contribution in [0.15, 0.2) is 41.1 Å². The minimum absolute atomic E-state index is 0.396. The molecule has 0 aliphatic rings. The number of thiophene rings is 1. The fourth-order valence-electron chi connectivity index (χ4n) is 1.88. The van der Waals surface area contributed by atoms with Crippen LogP contribution in [-0.2, 0) is 6.42 Å². The molecule has 1 unspecified atom stereocenters. The summed E-state index contributed by atoms with van der Waals surface area (Å²) in [5.41, 5.74) is 2.68. The van der Waals surface area contributed by atoms with Crippen molar-refractivity contribution in [2.45, 2.75) is 19.4 Å². The van der Waals surface area contributed by atoms with E-state index in [0.29, 0.717) is 6.04 Å². The summed E-state index contributed by atoms with van der Waals surface area (Å²) < 4.78 is 0. The largest absolute Gasteiger partial charge is 0.310 e. The van der Waals surface area contributed by atoms with Crippen molar-refractivity contribution in [1.29, 1.82) is 0 Å². The van der Waals surface area contributed by atoms with Crippen molar-refractivity contribution in [2.75, 3.05) is 6.54 Å². The van der Waals surface area contributed by atoms with E-state index in [1.165, 1.54) is 11.1 Å². The molecular weight excluding hydrogens is 250 g/mol. The van der Waals surface area contributed by atoms with Crippen LogP contribution in [0.4, 0.5) is 0 Å². The Labute approximate surface area is 111 Å². The lowest BCUT2D eigenvalue weighted by Crippen LogP contribution is -2.22. The predicted molar refractivity (Wildman–Crippen MR) is 75.9 cm³/mol. The molecule has 0 aliphatic heterocycles. The summed E-state index contributed by atoms with van der Waals surface area (Å²) in [6.07, 6.45) is 1.00. The Morgan fingerprint density at radius 1 is 1.24 bits per heavy atom. The van der Waals surface area contributed by atoms with Gasteiger partial charge in [-0.05, 0) is 53.1 Å². The highest BCUT2D eigenvalue weighted by molar-refractivity contribution is 7.07. The first-order valence-corrected chi connectivity index (χ1v) is 7.11. The molecule has 2 rings (SSSR count). The summed E-state index contributed by atoms with van der Waals surface area (Å²) in [6, 6.07) is 10.7. The molecule has 0 fully saturated rings. The lowest BCUT2D eigenvalue weighted by Gasteiger charge is -2.17. The maximum absolute atomic E-state index is 5.89. The zero-order chi connectivity index (χ0) is 12.1. The average molecular weight is 266 g/mol. The normalized spacial score (nSPS) is 12.6. The van der Waals surface area contributed by atoms with Crippen LogP contribution in [0.1, 0.15) is 24.1 Å². The van der Waals surface area contributed by atoms with Crippen LogP contribution < -0.4 is 5.32 Å². The molecular formula is C14H16ClNS. The predicted octanol–water partition coefficient (Wildman–Crippen LogP) is 4.29. The number of hydrogen-bond acceptors (Lipinski definition) is 2. The van der Waals surface area contributed by atoms with E-state index in [2.05, 4.69) is 41.2 Å². The summed E-state index contributed by atoms with van der Waals surface area (Å²) in [7, 11) is 0. The fraction of sp³-hybridized carbons (Fsp3) is 0.286. The molecule has 0 saturated carbocycles. The Kier molecular flexibility index (Phi) is 4.60. The molecule has 1 N–H and O–H groups in total.